The van der Waals surface area contributed by atoms with Crippen molar-refractivity contribution in [2.75, 3.05) is 5.32 Å². The molecule has 1 aliphatic carbocycles. The van der Waals surface area contributed by atoms with E-state index >= 15 is 0 Å². The number of aryl methyl sites for hydroxylation is 1. The van der Waals surface area contributed by atoms with Crippen LogP contribution in [0.25, 0.3) is 11.1 Å². The second-order valence-corrected chi connectivity index (χ2v) is 8.44. The molecular weight excluding hydrogens is 408 g/mol. The summed E-state index contributed by atoms with van der Waals surface area (Å²) in [6.07, 6.45) is 8.20. The van der Waals surface area contributed by atoms with E-state index in [1.165, 1.54) is 12.4 Å². The van der Waals surface area contributed by atoms with E-state index in [0.717, 1.165) is 22.3 Å². The summed E-state index contributed by atoms with van der Waals surface area (Å²) in [5.74, 6) is -0.575. The van der Waals surface area contributed by atoms with Gasteiger partial charge < -0.3 is 9.94 Å². The number of nitrogens with one attached hydrogen (secondary N) is 1. The van der Waals surface area contributed by atoms with Crippen LogP contribution in [0.2, 0.25) is 0 Å². The molecule has 1 N–H and O–H groups in total. The number of anilines is 1. The van der Waals surface area contributed by atoms with Crippen molar-refractivity contribution in [1.82, 2.24) is 9.97 Å². The van der Waals surface area contributed by atoms with Crippen molar-refractivity contribution in [3.05, 3.63) is 77.0 Å². The van der Waals surface area contributed by atoms with Crippen LogP contribution in [0.5, 0.6) is 0 Å². The standard InChI is InChI=1S/C24H22N4O4/c1-15-3-2-4-17(11-15)18-12-25-23(26-13-18)27-21(29)16-5-8-24(9-6-16)20-7-10-28(31)14-19(20)22(30)32-24/h2-4,7,10-14,16H,5-6,8-9H2,1H3,(H,25,26,27,29). The predicted molar refractivity (Wildman–Crippen MR) is 115 cm³/mol. The molecule has 1 spiro atoms. The van der Waals surface area contributed by atoms with Gasteiger partial charge in [-0.1, -0.05) is 29.8 Å². The Morgan fingerprint density at radius 3 is 2.66 bits per heavy atom. The van der Waals surface area contributed by atoms with E-state index in [4.69, 9.17) is 4.74 Å². The second kappa shape index (κ2) is 7.71. The SMILES string of the molecule is Cc1cccc(-c2cnc(NC(=O)C3CCC4(CC3)OC(=O)c3c[n+]([O-])ccc34)nc2)c1. The minimum Gasteiger partial charge on any atom is -0.619 e. The number of amides is 1. The third-order valence-corrected chi connectivity index (χ3v) is 6.34. The minimum atomic E-state index is -0.747. The van der Waals surface area contributed by atoms with E-state index < -0.39 is 11.6 Å². The zero-order valence-corrected chi connectivity index (χ0v) is 17.6. The van der Waals surface area contributed by atoms with Gasteiger partial charge in [0, 0.05) is 35.5 Å². The molecule has 0 unspecified atom stereocenters. The molecule has 1 saturated carbocycles. The fraction of sp³-hybridized carbons (Fsp3) is 0.292. The van der Waals surface area contributed by atoms with E-state index in [2.05, 4.69) is 21.4 Å². The first-order valence-corrected chi connectivity index (χ1v) is 10.6. The number of carbonyl (C=O) groups is 2. The maximum Gasteiger partial charge on any atom is 0.345 e. The molecule has 1 amide bonds. The summed E-state index contributed by atoms with van der Waals surface area (Å²) in [6.45, 7) is 2.03. The normalized spacial score (nSPS) is 21.8. The molecule has 8 heteroatoms. The highest BCUT2D eigenvalue weighted by atomic mass is 16.6. The van der Waals surface area contributed by atoms with E-state index in [1.54, 1.807) is 18.5 Å². The molecule has 3 heterocycles. The topological polar surface area (TPSA) is 108 Å². The third kappa shape index (κ3) is 3.57. The first-order chi connectivity index (χ1) is 15.4. The quantitative estimate of drug-likeness (QED) is 0.388. The van der Waals surface area contributed by atoms with Crippen molar-refractivity contribution in [3.63, 3.8) is 0 Å². The van der Waals surface area contributed by atoms with Crippen molar-refractivity contribution in [2.45, 2.75) is 38.2 Å². The molecule has 2 aliphatic rings. The zero-order valence-electron chi connectivity index (χ0n) is 17.6. The Bertz CT molecular complexity index is 1200. The van der Waals surface area contributed by atoms with Gasteiger partial charge in [-0.2, -0.15) is 4.73 Å². The van der Waals surface area contributed by atoms with Gasteiger partial charge in [-0.15, -0.1) is 0 Å². The summed E-state index contributed by atoms with van der Waals surface area (Å²) < 4.78 is 6.28. The predicted octanol–water partition coefficient (Wildman–Crippen LogP) is 3.28. The molecule has 2 aromatic heterocycles. The lowest BCUT2D eigenvalue weighted by Gasteiger charge is -2.35. The number of rotatable bonds is 3. The maximum atomic E-state index is 12.8. The average Bonchev–Trinajstić information content (AvgIpc) is 3.05. The van der Waals surface area contributed by atoms with Crippen molar-refractivity contribution < 1.29 is 19.1 Å². The monoisotopic (exact) mass is 430 g/mol. The molecule has 1 fully saturated rings. The second-order valence-electron chi connectivity index (χ2n) is 8.44. The number of hydrogen-bond acceptors (Lipinski definition) is 6. The van der Waals surface area contributed by atoms with Gasteiger partial charge >= 0.3 is 5.97 Å². The van der Waals surface area contributed by atoms with E-state index in [-0.39, 0.29) is 17.8 Å². The Labute approximate surface area is 184 Å². The Balaban J connectivity index is 1.24. The molecule has 162 valence electrons. The van der Waals surface area contributed by atoms with Crippen LogP contribution in [-0.4, -0.2) is 21.8 Å². The summed E-state index contributed by atoms with van der Waals surface area (Å²) in [4.78, 5) is 33.6. The molecule has 1 aromatic carbocycles. The summed E-state index contributed by atoms with van der Waals surface area (Å²) >= 11 is 0. The van der Waals surface area contributed by atoms with Gasteiger partial charge in [0.2, 0.25) is 11.9 Å². The Morgan fingerprint density at radius 1 is 1.19 bits per heavy atom. The number of fused-ring (bicyclic) bond motifs is 2. The van der Waals surface area contributed by atoms with Crippen molar-refractivity contribution >= 4 is 17.8 Å². The van der Waals surface area contributed by atoms with Crippen molar-refractivity contribution in [2.24, 2.45) is 5.92 Å². The fourth-order valence-electron chi connectivity index (χ4n) is 4.62. The summed E-state index contributed by atoms with van der Waals surface area (Å²) in [6, 6.07) is 9.70. The number of aromatic nitrogens is 3. The summed E-state index contributed by atoms with van der Waals surface area (Å²) in [7, 11) is 0. The molecule has 0 saturated heterocycles. The van der Waals surface area contributed by atoms with Crippen LogP contribution in [0, 0.1) is 18.0 Å². The van der Waals surface area contributed by atoms with Crippen LogP contribution in [-0.2, 0) is 15.1 Å². The average molecular weight is 430 g/mol. The zero-order chi connectivity index (χ0) is 22.3. The van der Waals surface area contributed by atoms with Gasteiger partial charge in [-0.05, 0) is 38.2 Å². The van der Waals surface area contributed by atoms with Crippen LogP contribution in [0.3, 0.4) is 0 Å². The highest BCUT2D eigenvalue weighted by Crippen LogP contribution is 2.47. The molecule has 0 radical (unpaired) electrons. The number of pyridine rings is 1. The molecule has 5 rings (SSSR count). The first kappa shape index (κ1) is 20.1. The first-order valence-electron chi connectivity index (χ1n) is 10.6. The number of nitrogens with zero attached hydrogens (tertiary/aromatic N) is 3. The molecule has 32 heavy (non-hydrogen) atoms. The smallest absolute Gasteiger partial charge is 0.345 e. The van der Waals surface area contributed by atoms with Crippen LogP contribution in [0.1, 0.15) is 47.2 Å². The summed E-state index contributed by atoms with van der Waals surface area (Å²) in [5.41, 5.74) is 3.36. The fourth-order valence-corrected chi connectivity index (χ4v) is 4.62. The van der Waals surface area contributed by atoms with Crippen LogP contribution >= 0.6 is 0 Å². The number of esters is 1. The Morgan fingerprint density at radius 2 is 1.94 bits per heavy atom. The highest BCUT2D eigenvalue weighted by molar-refractivity contribution is 5.94. The molecular formula is C24H22N4O4. The molecule has 3 aromatic rings. The minimum absolute atomic E-state index is 0.141. The number of carbonyl (C=O) groups excluding carboxylic acids is 2. The number of ether oxygens (including phenoxy) is 1. The molecule has 1 aliphatic heterocycles. The summed E-state index contributed by atoms with van der Waals surface area (Å²) in [5, 5.41) is 14.3. The van der Waals surface area contributed by atoms with Gasteiger partial charge in [-0.25, -0.2) is 14.8 Å². The van der Waals surface area contributed by atoms with E-state index in [0.29, 0.717) is 36.0 Å². The lowest BCUT2D eigenvalue weighted by atomic mass is 9.75. The van der Waals surface area contributed by atoms with Crippen LogP contribution < -0.4 is 10.0 Å². The Kier molecular flexibility index (Phi) is 4.84. The van der Waals surface area contributed by atoms with E-state index in [1.807, 2.05) is 25.1 Å². The largest absolute Gasteiger partial charge is 0.619 e. The van der Waals surface area contributed by atoms with Gasteiger partial charge in [0.05, 0.1) is 0 Å². The molecule has 8 nitrogen and oxygen atoms in total. The molecule has 0 bridgehead atoms. The lowest BCUT2D eigenvalue weighted by molar-refractivity contribution is -0.605. The number of hydrogen-bond donors (Lipinski definition) is 1. The van der Waals surface area contributed by atoms with Crippen molar-refractivity contribution in [3.8, 4) is 11.1 Å². The van der Waals surface area contributed by atoms with Crippen LogP contribution in [0.15, 0.2) is 55.1 Å². The van der Waals surface area contributed by atoms with Gasteiger partial charge in [0.1, 0.15) is 11.2 Å². The maximum absolute atomic E-state index is 12.8. The van der Waals surface area contributed by atoms with Crippen LogP contribution in [0.4, 0.5) is 5.95 Å². The molecule has 0 atom stereocenters. The van der Waals surface area contributed by atoms with E-state index in [9.17, 15) is 14.8 Å². The lowest BCUT2D eigenvalue weighted by Crippen LogP contribution is -2.36. The van der Waals surface area contributed by atoms with Gasteiger partial charge in [0.15, 0.2) is 12.4 Å². The van der Waals surface area contributed by atoms with Gasteiger partial charge in [-0.3, -0.25) is 10.1 Å². The third-order valence-electron chi connectivity index (χ3n) is 6.34. The van der Waals surface area contributed by atoms with Crippen molar-refractivity contribution in [1.29, 1.82) is 0 Å². The highest BCUT2D eigenvalue weighted by Gasteiger charge is 2.49. The van der Waals surface area contributed by atoms with Gasteiger partial charge in [0.25, 0.3) is 0 Å². The Hall–Kier alpha value is -3.81. The number of benzene rings is 1.